The van der Waals surface area contributed by atoms with Gasteiger partial charge in [0.1, 0.15) is 0 Å². The number of sulfone groups is 1. The Labute approximate surface area is 98.9 Å². The molecule has 1 N–H and O–H groups in total. The molecule has 2 aliphatic carbocycles. The normalized spacial score (nSPS) is 40.4. The highest BCUT2D eigenvalue weighted by Crippen LogP contribution is 2.29. The molecule has 2 aliphatic rings. The second-order valence-corrected chi connectivity index (χ2v) is 7.95. The SMILES string of the molecule is CC1CCC(NC2CCCC2S(C)(=O)=O)C1. The van der Waals surface area contributed by atoms with Crippen LogP contribution >= 0.6 is 0 Å². The van der Waals surface area contributed by atoms with Gasteiger partial charge in [0.15, 0.2) is 9.84 Å². The van der Waals surface area contributed by atoms with Crippen LogP contribution in [0, 0.1) is 5.92 Å². The van der Waals surface area contributed by atoms with Crippen molar-refractivity contribution in [2.24, 2.45) is 5.92 Å². The molecule has 0 spiro atoms. The van der Waals surface area contributed by atoms with Crippen LogP contribution < -0.4 is 5.32 Å². The second kappa shape index (κ2) is 4.65. The maximum atomic E-state index is 11.6. The summed E-state index contributed by atoms with van der Waals surface area (Å²) in [5.41, 5.74) is 0. The summed E-state index contributed by atoms with van der Waals surface area (Å²) in [7, 11) is -2.87. The Hall–Kier alpha value is -0.0900. The maximum Gasteiger partial charge on any atom is 0.151 e. The summed E-state index contributed by atoms with van der Waals surface area (Å²) >= 11 is 0. The lowest BCUT2D eigenvalue weighted by atomic mass is 10.1. The molecular weight excluding hydrogens is 222 g/mol. The van der Waals surface area contributed by atoms with Crippen LogP contribution in [0.3, 0.4) is 0 Å². The molecule has 0 radical (unpaired) electrons. The van der Waals surface area contributed by atoms with Crippen LogP contribution in [0.1, 0.15) is 45.4 Å². The molecule has 94 valence electrons. The van der Waals surface area contributed by atoms with Gasteiger partial charge in [-0.1, -0.05) is 13.3 Å². The van der Waals surface area contributed by atoms with Crippen LogP contribution in [0.25, 0.3) is 0 Å². The summed E-state index contributed by atoms with van der Waals surface area (Å²) in [5.74, 6) is 0.801. The van der Waals surface area contributed by atoms with Crippen molar-refractivity contribution < 1.29 is 8.42 Å². The molecule has 0 bridgehead atoms. The third kappa shape index (κ3) is 2.77. The highest BCUT2D eigenvalue weighted by Gasteiger charge is 2.36. The fourth-order valence-corrected chi connectivity index (χ4v) is 4.70. The zero-order valence-corrected chi connectivity index (χ0v) is 11.1. The molecule has 0 amide bonds. The Morgan fingerprint density at radius 2 is 1.88 bits per heavy atom. The zero-order chi connectivity index (χ0) is 11.8. The van der Waals surface area contributed by atoms with Gasteiger partial charge in [-0.25, -0.2) is 8.42 Å². The van der Waals surface area contributed by atoms with Gasteiger partial charge in [0, 0.05) is 18.3 Å². The summed E-state index contributed by atoms with van der Waals surface area (Å²) in [6.45, 7) is 2.28. The Kier molecular flexibility index (Phi) is 3.59. The minimum absolute atomic E-state index is 0.136. The predicted molar refractivity (Wildman–Crippen MR) is 66.2 cm³/mol. The number of nitrogens with one attached hydrogen (secondary N) is 1. The molecule has 0 aromatic carbocycles. The minimum Gasteiger partial charge on any atom is -0.310 e. The van der Waals surface area contributed by atoms with Crippen molar-refractivity contribution >= 4 is 9.84 Å². The predicted octanol–water partition coefficient (Wildman–Crippen LogP) is 1.73. The van der Waals surface area contributed by atoms with E-state index >= 15 is 0 Å². The van der Waals surface area contributed by atoms with E-state index in [2.05, 4.69) is 12.2 Å². The second-order valence-electron chi connectivity index (χ2n) is 5.69. The van der Waals surface area contributed by atoms with Crippen molar-refractivity contribution in [2.75, 3.05) is 6.26 Å². The molecule has 2 saturated carbocycles. The monoisotopic (exact) mass is 245 g/mol. The topological polar surface area (TPSA) is 46.2 Å². The van der Waals surface area contributed by atoms with Crippen LogP contribution in [0.2, 0.25) is 0 Å². The quantitative estimate of drug-likeness (QED) is 0.823. The summed E-state index contributed by atoms with van der Waals surface area (Å²) in [4.78, 5) is 0. The van der Waals surface area contributed by atoms with Gasteiger partial charge in [0.2, 0.25) is 0 Å². The zero-order valence-electron chi connectivity index (χ0n) is 10.3. The molecule has 4 heteroatoms. The summed E-state index contributed by atoms with van der Waals surface area (Å²) < 4.78 is 23.3. The number of hydrogen-bond acceptors (Lipinski definition) is 3. The van der Waals surface area contributed by atoms with Gasteiger partial charge < -0.3 is 5.32 Å². The number of rotatable bonds is 3. The van der Waals surface area contributed by atoms with Crippen LogP contribution in [0.4, 0.5) is 0 Å². The standard InChI is InChI=1S/C12H23NO2S/c1-9-6-7-10(8-9)13-11-4-3-5-12(11)16(2,14)15/h9-13H,3-8H2,1-2H3. The minimum atomic E-state index is -2.87. The highest BCUT2D eigenvalue weighted by atomic mass is 32.2. The first-order valence-corrected chi connectivity index (χ1v) is 8.37. The van der Waals surface area contributed by atoms with E-state index in [1.807, 2.05) is 0 Å². The van der Waals surface area contributed by atoms with E-state index < -0.39 is 9.84 Å². The third-order valence-electron chi connectivity index (χ3n) is 4.15. The molecule has 0 aromatic rings. The van der Waals surface area contributed by atoms with Gasteiger partial charge in [-0.2, -0.15) is 0 Å². The lowest BCUT2D eigenvalue weighted by molar-refractivity contribution is 0.423. The van der Waals surface area contributed by atoms with Gasteiger partial charge in [-0.05, 0) is 38.0 Å². The molecule has 0 heterocycles. The molecule has 3 nitrogen and oxygen atoms in total. The van der Waals surface area contributed by atoms with Crippen molar-refractivity contribution in [1.82, 2.24) is 5.32 Å². The van der Waals surface area contributed by atoms with E-state index in [-0.39, 0.29) is 11.3 Å². The van der Waals surface area contributed by atoms with Gasteiger partial charge in [0.25, 0.3) is 0 Å². The average molecular weight is 245 g/mol. The molecular formula is C12H23NO2S. The van der Waals surface area contributed by atoms with Crippen LogP contribution in [-0.2, 0) is 9.84 Å². The number of hydrogen-bond donors (Lipinski definition) is 1. The molecule has 0 saturated heterocycles. The Bertz CT molecular complexity index is 339. The molecule has 0 aliphatic heterocycles. The lowest BCUT2D eigenvalue weighted by Crippen LogP contribution is -2.44. The van der Waals surface area contributed by atoms with Gasteiger partial charge >= 0.3 is 0 Å². The first-order valence-electron chi connectivity index (χ1n) is 6.41. The van der Waals surface area contributed by atoms with E-state index in [4.69, 9.17) is 0 Å². The highest BCUT2D eigenvalue weighted by molar-refractivity contribution is 7.91. The Morgan fingerprint density at radius 1 is 1.12 bits per heavy atom. The average Bonchev–Trinajstić information content (AvgIpc) is 2.74. The molecule has 0 aromatic heterocycles. The summed E-state index contributed by atoms with van der Waals surface area (Å²) in [5, 5.41) is 3.45. The van der Waals surface area contributed by atoms with Crippen molar-refractivity contribution in [1.29, 1.82) is 0 Å². The van der Waals surface area contributed by atoms with Crippen molar-refractivity contribution in [3.63, 3.8) is 0 Å². The van der Waals surface area contributed by atoms with Crippen LogP contribution in [0.5, 0.6) is 0 Å². The first kappa shape index (κ1) is 12.4. The largest absolute Gasteiger partial charge is 0.310 e. The fourth-order valence-electron chi connectivity index (χ4n) is 3.29. The van der Waals surface area contributed by atoms with E-state index in [1.165, 1.54) is 25.5 Å². The maximum absolute atomic E-state index is 11.6. The van der Waals surface area contributed by atoms with Crippen molar-refractivity contribution in [3.8, 4) is 0 Å². The van der Waals surface area contributed by atoms with E-state index in [1.54, 1.807) is 0 Å². The van der Waals surface area contributed by atoms with Crippen molar-refractivity contribution in [3.05, 3.63) is 0 Å². The van der Waals surface area contributed by atoms with Crippen molar-refractivity contribution in [2.45, 2.75) is 62.8 Å². The van der Waals surface area contributed by atoms with E-state index in [0.29, 0.717) is 6.04 Å². The third-order valence-corrected chi connectivity index (χ3v) is 5.81. The first-order chi connectivity index (χ1) is 7.47. The summed E-state index contributed by atoms with van der Waals surface area (Å²) in [6, 6.07) is 0.771. The molecule has 2 rings (SSSR count). The van der Waals surface area contributed by atoms with Gasteiger partial charge in [-0.3, -0.25) is 0 Å². The summed E-state index contributed by atoms with van der Waals surface area (Å²) in [6.07, 6.45) is 8.03. The van der Waals surface area contributed by atoms with Crippen LogP contribution in [0.15, 0.2) is 0 Å². The Morgan fingerprint density at radius 3 is 2.44 bits per heavy atom. The van der Waals surface area contributed by atoms with E-state index in [9.17, 15) is 8.42 Å². The molecule has 4 unspecified atom stereocenters. The Balaban J connectivity index is 1.94. The van der Waals surface area contributed by atoms with Gasteiger partial charge in [-0.15, -0.1) is 0 Å². The van der Waals surface area contributed by atoms with Crippen LogP contribution in [-0.4, -0.2) is 32.0 Å². The van der Waals surface area contributed by atoms with E-state index in [0.717, 1.165) is 25.2 Å². The molecule has 2 fully saturated rings. The smallest absolute Gasteiger partial charge is 0.151 e. The molecule has 4 atom stereocenters. The fraction of sp³-hybridized carbons (Fsp3) is 1.00. The lowest BCUT2D eigenvalue weighted by Gasteiger charge is -2.23. The molecule has 16 heavy (non-hydrogen) atoms. The van der Waals surface area contributed by atoms with Gasteiger partial charge in [0.05, 0.1) is 5.25 Å².